The van der Waals surface area contributed by atoms with Crippen LogP contribution in [-0.4, -0.2) is 25.8 Å². The zero-order valence-corrected chi connectivity index (χ0v) is 17.1. The van der Waals surface area contributed by atoms with Crippen molar-refractivity contribution in [3.63, 3.8) is 0 Å². The van der Waals surface area contributed by atoms with Gasteiger partial charge in [0.05, 0.1) is 19.7 Å². The maximum absolute atomic E-state index is 12.9. The average molecular weight is 415 g/mol. The van der Waals surface area contributed by atoms with Gasteiger partial charge in [-0.15, -0.1) is 0 Å². The minimum absolute atomic E-state index is 0.116. The lowest BCUT2D eigenvalue weighted by atomic mass is 10.0. The van der Waals surface area contributed by atoms with Crippen molar-refractivity contribution in [2.75, 3.05) is 11.9 Å². The number of hydrogen-bond donors (Lipinski definition) is 2. The molecule has 0 saturated heterocycles. The molecule has 0 saturated carbocycles. The number of hydrogen-bond acceptors (Lipinski definition) is 5. The zero-order valence-electron chi connectivity index (χ0n) is 16.3. The van der Waals surface area contributed by atoms with Gasteiger partial charge in [-0.05, 0) is 41.3 Å². The third kappa shape index (κ3) is 4.93. The number of halogens is 1. The van der Waals surface area contributed by atoms with Crippen LogP contribution in [0.1, 0.15) is 30.9 Å². The molecule has 1 aromatic heterocycles. The molecule has 0 aliphatic rings. The second-order valence-corrected chi connectivity index (χ2v) is 7.43. The molecule has 0 aliphatic heterocycles. The van der Waals surface area contributed by atoms with E-state index < -0.39 is 11.4 Å². The molecule has 29 heavy (non-hydrogen) atoms. The summed E-state index contributed by atoms with van der Waals surface area (Å²) in [7, 11) is 0. The molecule has 0 atom stereocenters. The summed E-state index contributed by atoms with van der Waals surface area (Å²) >= 11 is 5.94. The molecule has 3 rings (SSSR count). The van der Waals surface area contributed by atoms with Crippen LogP contribution in [0, 0.1) is 0 Å². The Kier molecular flexibility index (Phi) is 6.51. The van der Waals surface area contributed by atoms with Gasteiger partial charge in [0.15, 0.2) is 0 Å². The van der Waals surface area contributed by atoms with E-state index in [2.05, 4.69) is 24.1 Å². The van der Waals surface area contributed by atoms with Crippen molar-refractivity contribution in [2.24, 2.45) is 0 Å². The van der Waals surface area contributed by atoms with Crippen LogP contribution in [0.25, 0.3) is 0 Å². The number of nitrogens with one attached hydrogen (secondary N) is 1. The molecule has 2 N–H and O–H groups in total. The van der Waals surface area contributed by atoms with Crippen LogP contribution in [0.2, 0.25) is 5.02 Å². The summed E-state index contributed by atoms with van der Waals surface area (Å²) in [5.41, 5.74) is 1.46. The number of anilines is 2. The Balaban J connectivity index is 2.03. The molecule has 0 fully saturated rings. The second-order valence-electron chi connectivity index (χ2n) is 6.99. The van der Waals surface area contributed by atoms with Crippen LogP contribution < -0.4 is 16.7 Å². The number of aliphatic hydroxyl groups excluding tert-OH is 1. The van der Waals surface area contributed by atoms with Gasteiger partial charge in [0.2, 0.25) is 5.95 Å². The zero-order chi connectivity index (χ0) is 21.0. The Morgan fingerprint density at radius 3 is 2.28 bits per heavy atom. The Bertz CT molecular complexity index is 1090. The third-order valence-electron chi connectivity index (χ3n) is 4.56. The van der Waals surface area contributed by atoms with Crippen molar-refractivity contribution in [2.45, 2.75) is 32.9 Å². The first-order chi connectivity index (χ1) is 13.9. The summed E-state index contributed by atoms with van der Waals surface area (Å²) in [4.78, 5) is 29.3. The van der Waals surface area contributed by atoms with Crippen LogP contribution in [0.5, 0.6) is 0 Å². The van der Waals surface area contributed by atoms with Gasteiger partial charge in [-0.25, -0.2) is 14.2 Å². The molecule has 0 aliphatic carbocycles. The van der Waals surface area contributed by atoms with Crippen molar-refractivity contribution >= 4 is 23.2 Å². The molecule has 152 valence electrons. The van der Waals surface area contributed by atoms with Gasteiger partial charge >= 0.3 is 11.4 Å². The monoisotopic (exact) mass is 414 g/mol. The molecule has 3 aromatic rings. The van der Waals surface area contributed by atoms with E-state index in [-0.39, 0.29) is 25.6 Å². The number of aromatic nitrogens is 3. The van der Waals surface area contributed by atoms with Gasteiger partial charge in [0, 0.05) is 10.7 Å². The predicted molar refractivity (Wildman–Crippen MR) is 114 cm³/mol. The number of nitrogens with zero attached hydrogens (tertiary/aromatic N) is 3. The number of benzene rings is 2. The lowest BCUT2D eigenvalue weighted by Gasteiger charge is -2.16. The highest BCUT2D eigenvalue weighted by Crippen LogP contribution is 2.19. The van der Waals surface area contributed by atoms with Crippen LogP contribution in [0.3, 0.4) is 0 Å². The van der Waals surface area contributed by atoms with Gasteiger partial charge in [0.1, 0.15) is 0 Å². The van der Waals surface area contributed by atoms with Gasteiger partial charge in [-0.3, -0.25) is 4.57 Å². The van der Waals surface area contributed by atoms with E-state index in [1.165, 1.54) is 10.1 Å². The van der Waals surface area contributed by atoms with E-state index in [0.717, 1.165) is 10.1 Å². The Hall–Kier alpha value is -2.90. The van der Waals surface area contributed by atoms with Gasteiger partial charge in [0.25, 0.3) is 0 Å². The maximum atomic E-state index is 12.9. The standard InChI is InChI=1S/C21H23ClN4O3/c1-14(2)16-5-9-18(10-6-16)23-19-24-20(28)25(11-12-27)21(29)26(19)13-15-3-7-17(22)8-4-15/h3-10,14,27H,11-13H2,1-2H3,(H,23,24,28). The fourth-order valence-electron chi connectivity index (χ4n) is 2.91. The van der Waals surface area contributed by atoms with Gasteiger partial charge in [-0.2, -0.15) is 4.98 Å². The van der Waals surface area contributed by atoms with Crippen LogP contribution >= 0.6 is 11.6 Å². The van der Waals surface area contributed by atoms with Crippen LogP contribution in [0.4, 0.5) is 11.6 Å². The fourth-order valence-corrected chi connectivity index (χ4v) is 3.04. The second kappa shape index (κ2) is 9.07. The van der Waals surface area contributed by atoms with Crippen molar-refractivity contribution < 1.29 is 5.11 Å². The lowest BCUT2D eigenvalue weighted by Crippen LogP contribution is -2.43. The molecular weight excluding hydrogens is 392 g/mol. The van der Waals surface area contributed by atoms with E-state index in [9.17, 15) is 14.7 Å². The van der Waals surface area contributed by atoms with Crippen molar-refractivity contribution in [3.05, 3.63) is 85.6 Å². The van der Waals surface area contributed by atoms with E-state index >= 15 is 0 Å². The van der Waals surface area contributed by atoms with Crippen molar-refractivity contribution in [1.29, 1.82) is 0 Å². The third-order valence-corrected chi connectivity index (χ3v) is 4.81. The minimum atomic E-state index is -0.710. The normalized spacial score (nSPS) is 11.1. The van der Waals surface area contributed by atoms with Gasteiger partial charge in [-0.1, -0.05) is 49.7 Å². The first kappa shape index (κ1) is 20.8. The summed E-state index contributed by atoms with van der Waals surface area (Å²) in [5.74, 6) is 0.536. The molecular formula is C21H23ClN4O3. The highest BCUT2D eigenvalue weighted by Gasteiger charge is 2.14. The molecule has 2 aromatic carbocycles. The SMILES string of the molecule is CC(C)c1ccc(Nc2nc(=O)n(CCO)c(=O)n2Cc2ccc(Cl)cc2)cc1. The smallest absolute Gasteiger partial charge is 0.355 e. The van der Waals surface area contributed by atoms with Crippen molar-refractivity contribution in [1.82, 2.24) is 14.1 Å². The van der Waals surface area contributed by atoms with Gasteiger partial charge < -0.3 is 10.4 Å². The minimum Gasteiger partial charge on any atom is -0.395 e. The molecule has 0 bridgehead atoms. The quantitative estimate of drug-likeness (QED) is 0.620. The maximum Gasteiger partial charge on any atom is 0.355 e. The number of rotatable bonds is 7. The summed E-state index contributed by atoms with van der Waals surface area (Å²) in [6, 6.07) is 14.8. The summed E-state index contributed by atoms with van der Waals surface area (Å²) in [6.45, 7) is 3.96. The van der Waals surface area contributed by atoms with E-state index in [4.69, 9.17) is 11.6 Å². The van der Waals surface area contributed by atoms with E-state index in [1.54, 1.807) is 24.3 Å². The highest BCUT2D eigenvalue weighted by molar-refractivity contribution is 6.30. The largest absolute Gasteiger partial charge is 0.395 e. The molecule has 1 heterocycles. The molecule has 7 nitrogen and oxygen atoms in total. The fraction of sp³-hybridized carbons (Fsp3) is 0.286. The molecule has 8 heteroatoms. The van der Waals surface area contributed by atoms with E-state index in [1.807, 2.05) is 24.3 Å². The number of aliphatic hydroxyl groups is 1. The van der Waals surface area contributed by atoms with Crippen LogP contribution in [-0.2, 0) is 13.1 Å². The summed E-state index contributed by atoms with van der Waals surface area (Å²) in [6.07, 6.45) is 0. The molecule has 0 spiro atoms. The summed E-state index contributed by atoms with van der Waals surface area (Å²) < 4.78 is 2.29. The van der Waals surface area contributed by atoms with Crippen molar-refractivity contribution in [3.8, 4) is 0 Å². The Labute approximate surface area is 173 Å². The topological polar surface area (TPSA) is 89.2 Å². The molecule has 0 amide bonds. The summed E-state index contributed by atoms with van der Waals surface area (Å²) in [5, 5.41) is 12.9. The lowest BCUT2D eigenvalue weighted by molar-refractivity contribution is 0.268. The average Bonchev–Trinajstić information content (AvgIpc) is 2.70. The predicted octanol–water partition coefficient (Wildman–Crippen LogP) is 2.97. The Morgan fingerprint density at radius 2 is 1.69 bits per heavy atom. The van der Waals surface area contributed by atoms with E-state index in [0.29, 0.717) is 16.6 Å². The first-order valence-electron chi connectivity index (χ1n) is 9.33. The molecule has 0 radical (unpaired) electrons. The first-order valence-corrected chi connectivity index (χ1v) is 9.71. The highest BCUT2D eigenvalue weighted by atomic mass is 35.5. The van der Waals surface area contributed by atoms with Crippen LogP contribution in [0.15, 0.2) is 58.1 Å². The Morgan fingerprint density at radius 1 is 1.03 bits per heavy atom. The molecule has 0 unspecified atom stereocenters.